The van der Waals surface area contributed by atoms with Crippen molar-refractivity contribution < 1.29 is 22.7 Å². The van der Waals surface area contributed by atoms with Crippen molar-refractivity contribution in [2.45, 2.75) is 11.1 Å². The van der Waals surface area contributed by atoms with Crippen LogP contribution in [0.2, 0.25) is 0 Å². The van der Waals surface area contributed by atoms with E-state index >= 15 is 0 Å². The zero-order chi connectivity index (χ0) is 13.6. The maximum absolute atomic E-state index is 12.1. The van der Waals surface area contributed by atoms with Crippen molar-refractivity contribution in [2.24, 2.45) is 0 Å². The van der Waals surface area contributed by atoms with Crippen molar-refractivity contribution in [3.8, 4) is 0 Å². The molecule has 7 heteroatoms. The van der Waals surface area contributed by atoms with Gasteiger partial charge in [-0.05, 0) is 12.1 Å². The predicted molar refractivity (Wildman–Crippen MR) is 63.7 cm³/mol. The molecular formula is C11H12F3NO2S. The third kappa shape index (κ3) is 5.31. The van der Waals surface area contributed by atoms with Gasteiger partial charge in [-0.1, -0.05) is 12.1 Å². The van der Waals surface area contributed by atoms with Gasteiger partial charge < -0.3 is 10.1 Å². The molecule has 0 radical (unpaired) electrons. The number of rotatable bonds is 5. The molecule has 0 spiro atoms. The number of methoxy groups -OCH3 is 1. The van der Waals surface area contributed by atoms with E-state index in [0.717, 1.165) is 0 Å². The first kappa shape index (κ1) is 14.7. The Morgan fingerprint density at radius 2 is 2.06 bits per heavy atom. The van der Waals surface area contributed by atoms with E-state index in [2.05, 4.69) is 10.1 Å². The second kappa shape index (κ2) is 6.53. The number of hydrogen-bond donors (Lipinski definition) is 1. The summed E-state index contributed by atoms with van der Waals surface area (Å²) < 4.78 is 40.8. The number of hydrogen-bond acceptors (Lipinski definition) is 4. The zero-order valence-corrected chi connectivity index (χ0v) is 10.4. The van der Waals surface area contributed by atoms with Gasteiger partial charge in [-0.3, -0.25) is 4.79 Å². The molecule has 0 aliphatic rings. The van der Waals surface area contributed by atoms with Gasteiger partial charge in [0.05, 0.1) is 12.9 Å². The van der Waals surface area contributed by atoms with E-state index in [1.165, 1.54) is 7.11 Å². The van der Waals surface area contributed by atoms with E-state index in [9.17, 15) is 18.0 Å². The lowest BCUT2D eigenvalue weighted by molar-refractivity contribution is -0.138. The van der Waals surface area contributed by atoms with Gasteiger partial charge in [0.15, 0.2) is 0 Å². The fraction of sp³-hybridized carbons (Fsp3) is 0.364. The minimum absolute atomic E-state index is 0.0832. The van der Waals surface area contributed by atoms with Gasteiger partial charge in [0.1, 0.15) is 6.54 Å². The number of nitrogens with one attached hydrogen (secondary N) is 1. The lowest BCUT2D eigenvalue weighted by atomic mass is 10.3. The summed E-state index contributed by atoms with van der Waals surface area (Å²) in [6.07, 6.45) is -4.22. The second-order valence-electron chi connectivity index (χ2n) is 3.33. The Hall–Kier alpha value is -1.37. The minimum Gasteiger partial charge on any atom is -0.468 e. The zero-order valence-electron chi connectivity index (χ0n) is 9.58. The molecule has 1 aromatic carbocycles. The molecule has 0 aliphatic heterocycles. The number of esters is 1. The lowest BCUT2D eigenvalue weighted by Crippen LogP contribution is -2.15. The van der Waals surface area contributed by atoms with Crippen LogP contribution in [-0.4, -0.2) is 31.6 Å². The van der Waals surface area contributed by atoms with E-state index < -0.39 is 17.9 Å². The van der Waals surface area contributed by atoms with Crippen LogP contribution in [0.15, 0.2) is 29.2 Å². The SMILES string of the molecule is COC(=O)CNc1ccccc1SCC(F)(F)F. The first-order valence-electron chi connectivity index (χ1n) is 5.01. The number of ether oxygens (including phenoxy) is 1. The molecule has 1 aromatic rings. The van der Waals surface area contributed by atoms with Gasteiger partial charge in [0.2, 0.25) is 0 Å². The predicted octanol–water partition coefficient (Wildman–Crippen LogP) is 2.93. The maximum atomic E-state index is 12.1. The van der Waals surface area contributed by atoms with Crippen LogP contribution in [0.5, 0.6) is 0 Å². The summed E-state index contributed by atoms with van der Waals surface area (Å²) in [5.74, 6) is -1.45. The van der Waals surface area contributed by atoms with E-state index in [1.807, 2.05) is 0 Å². The van der Waals surface area contributed by atoms with Crippen LogP contribution < -0.4 is 5.32 Å². The molecule has 0 saturated carbocycles. The summed E-state index contributed by atoms with van der Waals surface area (Å²) >= 11 is 0.674. The van der Waals surface area contributed by atoms with Gasteiger partial charge in [-0.25, -0.2) is 0 Å². The highest BCUT2D eigenvalue weighted by Crippen LogP contribution is 2.31. The van der Waals surface area contributed by atoms with Crippen LogP contribution in [0.1, 0.15) is 0 Å². The molecule has 0 saturated heterocycles. The van der Waals surface area contributed by atoms with Crippen LogP contribution in [0.3, 0.4) is 0 Å². The smallest absolute Gasteiger partial charge is 0.398 e. The van der Waals surface area contributed by atoms with Gasteiger partial charge in [0, 0.05) is 10.6 Å². The van der Waals surface area contributed by atoms with Crippen molar-refractivity contribution in [2.75, 3.05) is 24.7 Å². The van der Waals surface area contributed by atoms with E-state index in [-0.39, 0.29) is 6.54 Å². The lowest BCUT2D eigenvalue weighted by Gasteiger charge is -2.11. The number of alkyl halides is 3. The molecule has 100 valence electrons. The molecule has 0 aromatic heterocycles. The molecule has 0 amide bonds. The van der Waals surface area contributed by atoms with Crippen molar-refractivity contribution in [3.63, 3.8) is 0 Å². The van der Waals surface area contributed by atoms with Crippen molar-refractivity contribution in [1.82, 2.24) is 0 Å². The number of para-hydroxylation sites is 1. The van der Waals surface area contributed by atoms with Crippen molar-refractivity contribution in [3.05, 3.63) is 24.3 Å². The van der Waals surface area contributed by atoms with Crippen LogP contribution in [0, 0.1) is 0 Å². The quantitative estimate of drug-likeness (QED) is 0.664. The van der Waals surface area contributed by atoms with Crippen LogP contribution in [-0.2, 0) is 9.53 Å². The molecule has 3 nitrogen and oxygen atoms in total. The van der Waals surface area contributed by atoms with Crippen molar-refractivity contribution in [1.29, 1.82) is 0 Å². The van der Waals surface area contributed by atoms with E-state index in [0.29, 0.717) is 22.3 Å². The van der Waals surface area contributed by atoms with Crippen LogP contribution >= 0.6 is 11.8 Å². The number of benzene rings is 1. The Labute approximate surface area is 107 Å². The van der Waals surface area contributed by atoms with E-state index in [1.54, 1.807) is 24.3 Å². The average Bonchev–Trinajstić information content (AvgIpc) is 2.33. The Balaban J connectivity index is 2.64. The standard InChI is InChI=1S/C11H12F3NO2S/c1-17-10(16)6-15-8-4-2-3-5-9(8)18-7-11(12,13)14/h2-5,15H,6-7H2,1H3. The summed E-state index contributed by atoms with van der Waals surface area (Å²) in [6.45, 7) is -0.0832. The first-order chi connectivity index (χ1) is 8.42. The summed E-state index contributed by atoms with van der Waals surface area (Å²) in [4.78, 5) is 11.4. The monoisotopic (exact) mass is 279 g/mol. The average molecular weight is 279 g/mol. The molecule has 0 aliphatic carbocycles. The Kier molecular flexibility index (Phi) is 5.33. The summed E-state index contributed by atoms with van der Waals surface area (Å²) in [5.41, 5.74) is 0.483. The summed E-state index contributed by atoms with van der Waals surface area (Å²) in [5, 5.41) is 2.74. The highest BCUT2D eigenvalue weighted by atomic mass is 32.2. The number of carbonyl (C=O) groups is 1. The van der Waals surface area contributed by atoms with Crippen LogP contribution in [0.4, 0.5) is 18.9 Å². The topological polar surface area (TPSA) is 38.3 Å². The summed E-state index contributed by atoms with van der Waals surface area (Å²) in [6, 6.07) is 6.50. The molecule has 0 heterocycles. The molecule has 0 atom stereocenters. The van der Waals surface area contributed by atoms with Gasteiger partial charge in [-0.2, -0.15) is 13.2 Å². The van der Waals surface area contributed by atoms with Gasteiger partial charge >= 0.3 is 12.1 Å². The van der Waals surface area contributed by atoms with Crippen LogP contribution in [0.25, 0.3) is 0 Å². The Bertz CT molecular complexity index is 410. The molecule has 0 bridgehead atoms. The molecule has 18 heavy (non-hydrogen) atoms. The third-order valence-electron chi connectivity index (χ3n) is 1.93. The fourth-order valence-corrected chi connectivity index (χ4v) is 1.93. The molecule has 1 N–H and O–H groups in total. The largest absolute Gasteiger partial charge is 0.468 e. The normalized spacial score (nSPS) is 11.1. The highest BCUT2D eigenvalue weighted by Gasteiger charge is 2.27. The maximum Gasteiger partial charge on any atom is 0.398 e. The Morgan fingerprint density at radius 3 is 2.67 bits per heavy atom. The third-order valence-corrected chi connectivity index (χ3v) is 3.07. The van der Waals surface area contributed by atoms with E-state index in [4.69, 9.17) is 0 Å². The number of halogens is 3. The molecule has 0 unspecified atom stereocenters. The van der Waals surface area contributed by atoms with Gasteiger partial charge in [0.25, 0.3) is 0 Å². The number of thioether (sulfide) groups is 1. The Morgan fingerprint density at radius 1 is 1.39 bits per heavy atom. The minimum atomic E-state index is -4.22. The number of carbonyl (C=O) groups excluding carboxylic acids is 1. The first-order valence-corrected chi connectivity index (χ1v) is 6.00. The fourth-order valence-electron chi connectivity index (χ4n) is 1.14. The molecule has 0 fully saturated rings. The van der Waals surface area contributed by atoms with Gasteiger partial charge in [-0.15, -0.1) is 11.8 Å². The second-order valence-corrected chi connectivity index (χ2v) is 4.35. The highest BCUT2D eigenvalue weighted by molar-refractivity contribution is 7.99. The summed E-state index contributed by atoms with van der Waals surface area (Å²) in [7, 11) is 1.24. The number of anilines is 1. The van der Waals surface area contributed by atoms with Crippen molar-refractivity contribution >= 4 is 23.4 Å². The molecular weight excluding hydrogens is 267 g/mol. The molecule has 1 rings (SSSR count).